The number of benzene rings is 1. The molecule has 4 nitrogen and oxygen atoms in total. The van der Waals surface area contributed by atoms with E-state index in [1.807, 2.05) is 6.20 Å². The molecule has 0 saturated carbocycles. The third-order valence-electron chi connectivity index (χ3n) is 3.31. The Bertz CT molecular complexity index is 473. The number of aromatic nitrogens is 2. The molecule has 2 rings (SSSR count). The molecular formula is C15H22N4. The van der Waals surface area contributed by atoms with Crippen molar-refractivity contribution in [3.05, 3.63) is 48.0 Å². The van der Waals surface area contributed by atoms with Gasteiger partial charge in [-0.15, -0.1) is 0 Å². The smallest absolute Gasteiger partial charge is 0.0921 e. The number of H-pyrrole nitrogens is 1. The summed E-state index contributed by atoms with van der Waals surface area (Å²) in [5.74, 6) is 0. The molecule has 2 N–H and O–H groups in total. The van der Waals surface area contributed by atoms with Gasteiger partial charge in [-0.1, -0.05) is 12.1 Å². The van der Waals surface area contributed by atoms with Gasteiger partial charge in [0.25, 0.3) is 0 Å². The summed E-state index contributed by atoms with van der Waals surface area (Å²) < 4.78 is 0. The maximum Gasteiger partial charge on any atom is 0.0921 e. The fraction of sp³-hybridized carbons (Fsp3) is 0.400. The number of hydrogen-bond donors (Lipinski definition) is 2. The van der Waals surface area contributed by atoms with Gasteiger partial charge in [0.2, 0.25) is 0 Å². The van der Waals surface area contributed by atoms with Crippen LogP contribution in [0.3, 0.4) is 0 Å². The van der Waals surface area contributed by atoms with E-state index in [0.29, 0.717) is 6.04 Å². The molecule has 1 unspecified atom stereocenters. The Morgan fingerprint density at radius 3 is 2.58 bits per heavy atom. The van der Waals surface area contributed by atoms with Gasteiger partial charge in [-0.25, -0.2) is 4.98 Å². The Balaban J connectivity index is 1.83. The highest BCUT2D eigenvalue weighted by molar-refractivity contribution is 5.46. The third-order valence-corrected chi connectivity index (χ3v) is 3.31. The molecule has 1 aromatic heterocycles. The summed E-state index contributed by atoms with van der Waals surface area (Å²) in [5.41, 5.74) is 3.71. The number of hydrogen-bond acceptors (Lipinski definition) is 3. The summed E-state index contributed by atoms with van der Waals surface area (Å²) in [6, 6.07) is 9.04. The van der Waals surface area contributed by atoms with Crippen LogP contribution in [-0.4, -0.2) is 30.6 Å². The summed E-state index contributed by atoms with van der Waals surface area (Å²) in [6.45, 7) is 3.14. The lowest BCUT2D eigenvalue weighted by Crippen LogP contribution is -2.21. The quantitative estimate of drug-likeness (QED) is 0.836. The molecule has 1 aromatic carbocycles. The lowest BCUT2D eigenvalue weighted by atomic mass is 10.1. The zero-order valence-electron chi connectivity index (χ0n) is 11.9. The highest BCUT2D eigenvalue weighted by Gasteiger charge is 2.05. The van der Waals surface area contributed by atoms with Gasteiger partial charge in [0, 0.05) is 50.7 Å². The normalized spacial score (nSPS) is 12.4. The minimum atomic E-state index is 0.360. The molecule has 19 heavy (non-hydrogen) atoms. The van der Waals surface area contributed by atoms with Crippen molar-refractivity contribution in [2.24, 2.45) is 0 Å². The maximum absolute atomic E-state index is 4.02. The molecule has 1 atom stereocenters. The van der Waals surface area contributed by atoms with Gasteiger partial charge >= 0.3 is 0 Å². The van der Waals surface area contributed by atoms with Crippen molar-refractivity contribution >= 4 is 5.69 Å². The van der Waals surface area contributed by atoms with E-state index in [4.69, 9.17) is 0 Å². The van der Waals surface area contributed by atoms with E-state index < -0.39 is 0 Å². The summed E-state index contributed by atoms with van der Waals surface area (Å²) in [5, 5.41) is 3.52. The molecule has 0 aliphatic rings. The lowest BCUT2D eigenvalue weighted by Gasteiger charge is -2.17. The SMILES string of the molecule is CC(NCCc1cnc[nH]1)c1ccc(N(C)C)cc1. The molecular weight excluding hydrogens is 236 g/mol. The van der Waals surface area contributed by atoms with Gasteiger partial charge in [0.1, 0.15) is 0 Å². The Morgan fingerprint density at radius 1 is 1.26 bits per heavy atom. The molecule has 0 spiro atoms. The van der Waals surface area contributed by atoms with Crippen molar-refractivity contribution in [2.45, 2.75) is 19.4 Å². The Labute approximate surface area is 114 Å². The average Bonchev–Trinajstić information content (AvgIpc) is 2.92. The first-order valence-electron chi connectivity index (χ1n) is 6.64. The number of rotatable bonds is 6. The summed E-state index contributed by atoms with van der Waals surface area (Å²) in [7, 11) is 4.11. The maximum atomic E-state index is 4.02. The molecule has 0 fully saturated rings. The first-order valence-corrected chi connectivity index (χ1v) is 6.64. The fourth-order valence-electron chi connectivity index (χ4n) is 2.02. The molecule has 0 radical (unpaired) electrons. The number of anilines is 1. The van der Waals surface area contributed by atoms with Crippen molar-refractivity contribution in [1.82, 2.24) is 15.3 Å². The average molecular weight is 258 g/mol. The number of nitrogens with zero attached hydrogens (tertiary/aromatic N) is 2. The summed E-state index contributed by atoms with van der Waals surface area (Å²) in [6.07, 6.45) is 4.57. The second kappa shape index (κ2) is 6.38. The second-order valence-electron chi connectivity index (χ2n) is 4.99. The first kappa shape index (κ1) is 13.6. The van der Waals surface area contributed by atoms with E-state index in [2.05, 4.69) is 65.5 Å². The lowest BCUT2D eigenvalue weighted by molar-refractivity contribution is 0.574. The molecule has 2 aromatic rings. The van der Waals surface area contributed by atoms with Gasteiger partial charge in [-0.2, -0.15) is 0 Å². The van der Waals surface area contributed by atoms with Gasteiger partial charge in [0.05, 0.1) is 6.33 Å². The van der Waals surface area contributed by atoms with Crippen LogP contribution in [0.4, 0.5) is 5.69 Å². The van der Waals surface area contributed by atoms with Crippen LogP contribution in [0.1, 0.15) is 24.2 Å². The predicted molar refractivity (Wildman–Crippen MR) is 79.5 cm³/mol. The number of imidazole rings is 1. The van der Waals surface area contributed by atoms with Gasteiger partial charge < -0.3 is 15.2 Å². The van der Waals surface area contributed by atoms with Crippen molar-refractivity contribution < 1.29 is 0 Å². The van der Waals surface area contributed by atoms with Crippen LogP contribution in [0.2, 0.25) is 0 Å². The van der Waals surface area contributed by atoms with Crippen molar-refractivity contribution in [1.29, 1.82) is 0 Å². The fourth-order valence-corrected chi connectivity index (χ4v) is 2.02. The van der Waals surface area contributed by atoms with Gasteiger partial charge in [0.15, 0.2) is 0 Å². The van der Waals surface area contributed by atoms with E-state index in [-0.39, 0.29) is 0 Å². The van der Waals surface area contributed by atoms with Gasteiger partial charge in [-0.3, -0.25) is 0 Å². The van der Waals surface area contributed by atoms with Crippen molar-refractivity contribution in [2.75, 3.05) is 25.5 Å². The molecule has 102 valence electrons. The molecule has 0 aliphatic carbocycles. The summed E-state index contributed by atoms with van der Waals surface area (Å²) in [4.78, 5) is 9.24. The first-order chi connectivity index (χ1) is 9.16. The predicted octanol–water partition coefficient (Wildman–Crippen LogP) is 2.37. The zero-order valence-corrected chi connectivity index (χ0v) is 11.9. The van der Waals surface area contributed by atoms with Gasteiger partial charge in [-0.05, 0) is 24.6 Å². The van der Waals surface area contributed by atoms with Crippen molar-refractivity contribution in [3.8, 4) is 0 Å². The van der Waals surface area contributed by atoms with E-state index in [0.717, 1.165) is 13.0 Å². The molecule has 0 aliphatic heterocycles. The minimum absolute atomic E-state index is 0.360. The number of aromatic amines is 1. The van der Waals surface area contributed by atoms with Crippen LogP contribution in [0, 0.1) is 0 Å². The topological polar surface area (TPSA) is 44.0 Å². The van der Waals surface area contributed by atoms with Crippen LogP contribution >= 0.6 is 0 Å². The van der Waals surface area contributed by atoms with Crippen LogP contribution in [0.25, 0.3) is 0 Å². The van der Waals surface area contributed by atoms with Crippen LogP contribution in [-0.2, 0) is 6.42 Å². The van der Waals surface area contributed by atoms with Crippen LogP contribution in [0.5, 0.6) is 0 Å². The highest BCUT2D eigenvalue weighted by Crippen LogP contribution is 2.17. The Morgan fingerprint density at radius 2 is 2.00 bits per heavy atom. The van der Waals surface area contributed by atoms with E-state index in [1.165, 1.54) is 16.9 Å². The zero-order chi connectivity index (χ0) is 13.7. The van der Waals surface area contributed by atoms with Crippen molar-refractivity contribution in [3.63, 3.8) is 0 Å². The van der Waals surface area contributed by atoms with E-state index in [1.54, 1.807) is 6.33 Å². The monoisotopic (exact) mass is 258 g/mol. The molecule has 1 heterocycles. The highest BCUT2D eigenvalue weighted by atomic mass is 15.1. The minimum Gasteiger partial charge on any atom is -0.378 e. The standard InChI is InChI=1S/C15H22N4/c1-12(17-9-8-14-10-16-11-18-14)13-4-6-15(7-5-13)19(2)3/h4-7,10-12,17H,8-9H2,1-3H3,(H,16,18). The molecule has 0 bridgehead atoms. The van der Waals surface area contributed by atoms with Crippen LogP contribution in [0.15, 0.2) is 36.8 Å². The summed E-state index contributed by atoms with van der Waals surface area (Å²) >= 11 is 0. The molecule has 0 amide bonds. The second-order valence-corrected chi connectivity index (χ2v) is 4.99. The largest absolute Gasteiger partial charge is 0.378 e. The Hall–Kier alpha value is -1.81. The molecule has 0 saturated heterocycles. The molecule has 4 heteroatoms. The van der Waals surface area contributed by atoms with E-state index >= 15 is 0 Å². The van der Waals surface area contributed by atoms with E-state index in [9.17, 15) is 0 Å². The van der Waals surface area contributed by atoms with Crippen LogP contribution < -0.4 is 10.2 Å². The third kappa shape index (κ3) is 3.83. The number of nitrogens with one attached hydrogen (secondary N) is 2. The Kier molecular flexibility index (Phi) is 4.58.